The van der Waals surface area contributed by atoms with Gasteiger partial charge in [-0.25, -0.2) is 4.68 Å². The first-order valence-electron chi connectivity index (χ1n) is 8.62. The second-order valence-electron chi connectivity index (χ2n) is 6.19. The van der Waals surface area contributed by atoms with Crippen molar-refractivity contribution in [3.05, 3.63) is 90.6 Å². The molecule has 4 aromatic rings. The van der Waals surface area contributed by atoms with Gasteiger partial charge in [0.05, 0.1) is 24.2 Å². The number of ether oxygens (including phenoxy) is 1. The number of rotatable bonds is 4. The fourth-order valence-electron chi connectivity index (χ4n) is 3.17. The summed E-state index contributed by atoms with van der Waals surface area (Å²) in [5.74, 6) is 0.853. The number of hydrogen-bond donors (Lipinski definition) is 0. The molecule has 0 atom stereocenters. The van der Waals surface area contributed by atoms with Crippen molar-refractivity contribution in [2.45, 2.75) is 6.92 Å². The largest absolute Gasteiger partial charge is 0.497 e. The van der Waals surface area contributed by atoms with Crippen LogP contribution in [0.15, 0.2) is 84.9 Å². The standard InChI is InChI=1S/C23H20N2O/c1-17-16-23(19-8-4-3-5-9-19)25(24-17)22-11-7-6-10-21(22)18-12-14-20(26-2)15-13-18/h3-16H,1-2H3. The lowest BCUT2D eigenvalue weighted by molar-refractivity contribution is 0.415. The fraction of sp³-hybridized carbons (Fsp3) is 0.0870. The van der Waals surface area contributed by atoms with E-state index in [1.54, 1.807) is 7.11 Å². The average molecular weight is 340 g/mol. The molecule has 3 heteroatoms. The Balaban J connectivity index is 1.88. The minimum atomic E-state index is 0.853. The van der Waals surface area contributed by atoms with Crippen LogP contribution >= 0.6 is 0 Å². The van der Waals surface area contributed by atoms with Crippen LogP contribution in [0.4, 0.5) is 0 Å². The summed E-state index contributed by atoms with van der Waals surface area (Å²) < 4.78 is 7.31. The lowest BCUT2D eigenvalue weighted by atomic mass is 10.0. The Morgan fingerprint density at radius 3 is 2.19 bits per heavy atom. The van der Waals surface area contributed by atoms with Crippen LogP contribution in [0.2, 0.25) is 0 Å². The second-order valence-corrected chi connectivity index (χ2v) is 6.19. The highest BCUT2D eigenvalue weighted by Gasteiger charge is 2.13. The molecule has 4 rings (SSSR count). The predicted molar refractivity (Wildman–Crippen MR) is 106 cm³/mol. The topological polar surface area (TPSA) is 27.1 Å². The number of para-hydroxylation sites is 1. The van der Waals surface area contributed by atoms with Crippen LogP contribution < -0.4 is 4.74 Å². The number of nitrogens with zero attached hydrogens (tertiary/aromatic N) is 2. The Kier molecular flexibility index (Phi) is 4.28. The van der Waals surface area contributed by atoms with Gasteiger partial charge in [0, 0.05) is 11.1 Å². The molecule has 0 N–H and O–H groups in total. The molecule has 0 aliphatic heterocycles. The van der Waals surface area contributed by atoms with E-state index in [4.69, 9.17) is 9.84 Å². The van der Waals surface area contributed by atoms with E-state index in [0.29, 0.717) is 0 Å². The quantitative estimate of drug-likeness (QED) is 0.489. The number of hydrogen-bond acceptors (Lipinski definition) is 2. The summed E-state index contributed by atoms with van der Waals surface area (Å²) in [4.78, 5) is 0. The van der Waals surface area contributed by atoms with Crippen molar-refractivity contribution in [1.82, 2.24) is 9.78 Å². The van der Waals surface area contributed by atoms with Gasteiger partial charge in [-0.1, -0.05) is 60.7 Å². The minimum absolute atomic E-state index is 0.853. The van der Waals surface area contributed by atoms with Crippen LogP contribution in [-0.2, 0) is 0 Å². The first-order chi connectivity index (χ1) is 12.8. The van der Waals surface area contributed by atoms with E-state index in [9.17, 15) is 0 Å². The summed E-state index contributed by atoms with van der Waals surface area (Å²) in [7, 11) is 1.68. The van der Waals surface area contributed by atoms with Gasteiger partial charge in [0.2, 0.25) is 0 Å². The zero-order chi connectivity index (χ0) is 17.9. The van der Waals surface area contributed by atoms with Crippen molar-refractivity contribution < 1.29 is 4.74 Å². The number of methoxy groups -OCH3 is 1. The summed E-state index contributed by atoms with van der Waals surface area (Å²) in [6.45, 7) is 2.03. The zero-order valence-corrected chi connectivity index (χ0v) is 14.9. The first kappa shape index (κ1) is 16.2. The van der Waals surface area contributed by atoms with Crippen molar-refractivity contribution in [3.63, 3.8) is 0 Å². The predicted octanol–water partition coefficient (Wildman–Crippen LogP) is 5.52. The van der Waals surface area contributed by atoms with Gasteiger partial charge < -0.3 is 4.74 Å². The maximum Gasteiger partial charge on any atom is 0.118 e. The smallest absolute Gasteiger partial charge is 0.118 e. The molecule has 0 aliphatic rings. The van der Waals surface area contributed by atoms with Gasteiger partial charge >= 0.3 is 0 Å². The van der Waals surface area contributed by atoms with E-state index in [2.05, 4.69) is 60.7 Å². The van der Waals surface area contributed by atoms with Gasteiger partial charge in [-0.15, -0.1) is 0 Å². The summed E-state index contributed by atoms with van der Waals surface area (Å²) >= 11 is 0. The third-order valence-electron chi connectivity index (χ3n) is 4.43. The molecule has 0 saturated heterocycles. The first-order valence-corrected chi connectivity index (χ1v) is 8.62. The maximum absolute atomic E-state index is 5.28. The molecule has 0 unspecified atom stereocenters. The monoisotopic (exact) mass is 340 g/mol. The molecule has 128 valence electrons. The van der Waals surface area contributed by atoms with Crippen molar-refractivity contribution in [2.75, 3.05) is 7.11 Å². The molecule has 0 aliphatic carbocycles. The molecule has 0 radical (unpaired) electrons. The van der Waals surface area contributed by atoms with E-state index in [1.165, 1.54) is 0 Å². The Morgan fingerprint density at radius 1 is 0.769 bits per heavy atom. The van der Waals surface area contributed by atoms with E-state index < -0.39 is 0 Å². The third-order valence-corrected chi connectivity index (χ3v) is 4.43. The van der Waals surface area contributed by atoms with Crippen LogP contribution in [0.1, 0.15) is 5.69 Å². The van der Waals surface area contributed by atoms with Gasteiger partial charge in [-0.2, -0.15) is 5.10 Å². The van der Waals surface area contributed by atoms with Gasteiger partial charge in [-0.05, 0) is 36.8 Å². The van der Waals surface area contributed by atoms with E-state index in [-0.39, 0.29) is 0 Å². The fourth-order valence-corrected chi connectivity index (χ4v) is 3.17. The van der Waals surface area contributed by atoms with Gasteiger partial charge in [0.15, 0.2) is 0 Å². The molecule has 1 heterocycles. The molecule has 26 heavy (non-hydrogen) atoms. The van der Waals surface area contributed by atoms with E-state index in [1.807, 2.05) is 35.9 Å². The Labute approximate surface area is 153 Å². The lowest BCUT2D eigenvalue weighted by Gasteiger charge is -2.13. The van der Waals surface area contributed by atoms with Gasteiger partial charge in [0.25, 0.3) is 0 Å². The number of benzene rings is 3. The summed E-state index contributed by atoms with van der Waals surface area (Å²) in [5.41, 5.74) is 6.56. The molecular weight excluding hydrogens is 320 g/mol. The molecule has 0 bridgehead atoms. The van der Waals surface area contributed by atoms with Crippen molar-refractivity contribution in [1.29, 1.82) is 0 Å². The number of aromatic nitrogens is 2. The van der Waals surface area contributed by atoms with Crippen LogP contribution in [0, 0.1) is 6.92 Å². The van der Waals surface area contributed by atoms with Gasteiger partial charge in [-0.3, -0.25) is 0 Å². The Bertz CT molecular complexity index is 1020. The second kappa shape index (κ2) is 6.89. The van der Waals surface area contributed by atoms with Gasteiger partial charge in [0.1, 0.15) is 5.75 Å². The van der Waals surface area contributed by atoms with Crippen molar-refractivity contribution in [2.24, 2.45) is 0 Å². The molecule has 0 fully saturated rings. The summed E-state index contributed by atoms with van der Waals surface area (Å²) in [5, 5.41) is 4.77. The molecule has 3 nitrogen and oxygen atoms in total. The summed E-state index contributed by atoms with van der Waals surface area (Å²) in [6.07, 6.45) is 0. The van der Waals surface area contributed by atoms with Crippen molar-refractivity contribution >= 4 is 0 Å². The molecule has 0 saturated carbocycles. The molecule has 0 spiro atoms. The van der Waals surface area contributed by atoms with Crippen LogP contribution in [0.25, 0.3) is 28.1 Å². The lowest BCUT2D eigenvalue weighted by Crippen LogP contribution is -2.01. The third kappa shape index (κ3) is 3.00. The SMILES string of the molecule is COc1ccc(-c2ccccc2-n2nc(C)cc2-c2ccccc2)cc1. The van der Waals surface area contributed by atoms with Crippen LogP contribution in [0.5, 0.6) is 5.75 Å². The minimum Gasteiger partial charge on any atom is -0.497 e. The van der Waals surface area contributed by atoms with E-state index in [0.717, 1.165) is 39.5 Å². The highest BCUT2D eigenvalue weighted by molar-refractivity contribution is 5.75. The highest BCUT2D eigenvalue weighted by Crippen LogP contribution is 2.31. The van der Waals surface area contributed by atoms with Crippen LogP contribution in [0.3, 0.4) is 0 Å². The number of aryl methyl sites for hydroxylation is 1. The zero-order valence-electron chi connectivity index (χ0n) is 14.9. The van der Waals surface area contributed by atoms with Crippen LogP contribution in [-0.4, -0.2) is 16.9 Å². The normalized spacial score (nSPS) is 10.7. The van der Waals surface area contributed by atoms with Crippen molar-refractivity contribution in [3.8, 4) is 33.8 Å². The summed E-state index contributed by atoms with van der Waals surface area (Å²) in [6, 6.07) is 29.0. The Morgan fingerprint density at radius 2 is 1.46 bits per heavy atom. The molecular formula is C23H20N2O. The highest BCUT2D eigenvalue weighted by atomic mass is 16.5. The molecule has 1 aromatic heterocycles. The molecule has 0 amide bonds. The maximum atomic E-state index is 5.28. The average Bonchev–Trinajstić information content (AvgIpc) is 3.10. The van der Waals surface area contributed by atoms with E-state index >= 15 is 0 Å². The molecule has 3 aromatic carbocycles. The Hall–Kier alpha value is -3.33.